The van der Waals surface area contributed by atoms with E-state index in [-0.39, 0.29) is 22.9 Å². The summed E-state index contributed by atoms with van der Waals surface area (Å²) in [6.07, 6.45) is 0.370. The number of rotatable bonds is 3. The fourth-order valence-corrected chi connectivity index (χ4v) is 1.67. The number of aliphatic hydroxyl groups is 1. The number of primary amides is 1. The van der Waals surface area contributed by atoms with Crippen LogP contribution in [0.4, 0.5) is 10.5 Å². The number of aliphatic hydroxyl groups excluding tert-OH is 1. The lowest BCUT2D eigenvalue weighted by Crippen LogP contribution is -2.26. The largest absolute Gasteiger partial charge is 0.503 e. The van der Waals surface area contributed by atoms with E-state index < -0.39 is 17.1 Å². The summed E-state index contributed by atoms with van der Waals surface area (Å²) in [6, 6.07) is 5.01. The second-order valence-electron chi connectivity index (χ2n) is 3.80. The highest BCUT2D eigenvalue weighted by atomic mass is 16.6. The molecule has 0 saturated heterocycles. The number of urea groups is 1. The fraction of sp³-hybridized carbons (Fsp3) is 0.0909. The summed E-state index contributed by atoms with van der Waals surface area (Å²) in [4.78, 5) is 20.9. The Kier molecular flexibility index (Phi) is 3.51. The van der Waals surface area contributed by atoms with Gasteiger partial charge in [-0.2, -0.15) is 0 Å². The van der Waals surface area contributed by atoms with Crippen molar-refractivity contribution in [3.63, 3.8) is 0 Å². The van der Waals surface area contributed by atoms with Gasteiger partial charge in [-0.25, -0.2) is 10.2 Å². The quantitative estimate of drug-likeness (QED) is 0.560. The zero-order valence-corrected chi connectivity index (χ0v) is 10.0. The van der Waals surface area contributed by atoms with Crippen molar-refractivity contribution in [2.45, 2.75) is 6.10 Å². The van der Waals surface area contributed by atoms with E-state index in [0.717, 1.165) is 0 Å². The highest BCUT2D eigenvalue weighted by Crippen LogP contribution is 2.33. The van der Waals surface area contributed by atoms with Crippen LogP contribution in [0.25, 0.3) is 0 Å². The van der Waals surface area contributed by atoms with Gasteiger partial charge in [-0.1, -0.05) is 12.1 Å². The van der Waals surface area contributed by atoms with E-state index in [4.69, 9.17) is 10.5 Å². The topological polar surface area (TPSA) is 140 Å². The highest BCUT2D eigenvalue weighted by molar-refractivity contribution is 5.94. The molecular formula is C11H10N4O5. The van der Waals surface area contributed by atoms with E-state index in [2.05, 4.69) is 5.10 Å². The number of hydrazone groups is 1. The third kappa shape index (κ3) is 2.66. The van der Waals surface area contributed by atoms with Gasteiger partial charge in [0.1, 0.15) is 0 Å². The maximum absolute atomic E-state index is 10.9. The number of para-hydroxylation sites is 1. The van der Waals surface area contributed by atoms with E-state index in [1.807, 2.05) is 5.43 Å². The molecule has 1 aliphatic heterocycles. The molecule has 0 saturated carbocycles. The minimum absolute atomic E-state index is 0.148. The maximum atomic E-state index is 10.9. The molecule has 2 rings (SSSR count). The highest BCUT2D eigenvalue weighted by Gasteiger charge is 2.30. The van der Waals surface area contributed by atoms with Crippen molar-refractivity contribution in [2.75, 3.05) is 0 Å². The lowest BCUT2D eigenvalue weighted by molar-refractivity contribution is -0.386. The normalized spacial score (nSPS) is 19.3. The third-order valence-corrected chi connectivity index (χ3v) is 2.47. The summed E-state index contributed by atoms with van der Waals surface area (Å²) in [5.41, 5.74) is 6.83. The molecule has 0 aliphatic carbocycles. The number of nitrogens with one attached hydrogen (secondary N) is 1. The summed E-state index contributed by atoms with van der Waals surface area (Å²) in [6.45, 7) is 0. The Hall–Kier alpha value is -3.10. The smallest absolute Gasteiger partial charge is 0.332 e. The lowest BCUT2D eigenvalue weighted by atomic mass is 10.1. The molecule has 0 spiro atoms. The molecule has 0 bridgehead atoms. The van der Waals surface area contributed by atoms with Gasteiger partial charge in [0.2, 0.25) is 0 Å². The number of hydrogen-bond acceptors (Lipinski definition) is 6. The first-order chi connectivity index (χ1) is 9.49. The number of nitro groups is 1. The van der Waals surface area contributed by atoms with E-state index in [1.165, 1.54) is 24.3 Å². The Morgan fingerprint density at radius 3 is 2.85 bits per heavy atom. The van der Waals surface area contributed by atoms with Gasteiger partial charge in [-0.05, 0) is 6.07 Å². The van der Waals surface area contributed by atoms with Gasteiger partial charge in [-0.3, -0.25) is 10.1 Å². The SMILES string of the molecule is NC(=O)NN=C1OC(c2ccccc2[N+](=O)[O-])C=C1O. The summed E-state index contributed by atoms with van der Waals surface area (Å²) in [5, 5.41) is 24.0. The average Bonchev–Trinajstić information content (AvgIpc) is 2.77. The average molecular weight is 278 g/mol. The molecule has 2 amide bonds. The second-order valence-corrected chi connectivity index (χ2v) is 3.80. The standard InChI is InChI=1S/C11H10N4O5/c12-11(17)14-13-10-8(16)5-9(20-10)6-3-1-2-4-7(6)15(18)19/h1-5,9,16H,(H3,12,14,17). The zero-order valence-electron chi connectivity index (χ0n) is 10.0. The van der Waals surface area contributed by atoms with E-state index >= 15 is 0 Å². The zero-order chi connectivity index (χ0) is 14.7. The van der Waals surface area contributed by atoms with Gasteiger partial charge in [0.05, 0.1) is 10.5 Å². The molecule has 9 nitrogen and oxygen atoms in total. The van der Waals surface area contributed by atoms with Crippen LogP contribution in [0, 0.1) is 10.1 Å². The minimum Gasteiger partial charge on any atom is -0.503 e. The van der Waals surface area contributed by atoms with Crippen LogP contribution in [0.2, 0.25) is 0 Å². The molecule has 1 unspecified atom stereocenters. The summed E-state index contributed by atoms with van der Waals surface area (Å²) in [5.74, 6) is -0.617. The first-order valence-electron chi connectivity index (χ1n) is 5.43. The molecule has 0 fully saturated rings. The summed E-state index contributed by atoms with van der Waals surface area (Å²) < 4.78 is 5.23. The molecule has 0 aromatic heterocycles. The van der Waals surface area contributed by atoms with Crippen LogP contribution in [0.15, 0.2) is 41.2 Å². The number of nitro benzene ring substituents is 1. The molecule has 4 N–H and O–H groups in total. The molecule has 1 aliphatic rings. The Labute approximate surface area is 112 Å². The summed E-state index contributed by atoms with van der Waals surface area (Å²) >= 11 is 0. The number of nitrogens with zero attached hydrogens (tertiary/aromatic N) is 2. The molecule has 20 heavy (non-hydrogen) atoms. The molecule has 1 aromatic carbocycles. The van der Waals surface area contributed by atoms with E-state index in [1.54, 1.807) is 6.07 Å². The molecule has 9 heteroatoms. The lowest BCUT2D eigenvalue weighted by Gasteiger charge is -2.09. The molecule has 1 atom stereocenters. The number of ether oxygens (including phenoxy) is 1. The number of carbonyl (C=O) groups is 1. The first kappa shape index (κ1) is 13.3. The van der Waals surface area contributed by atoms with Crippen molar-refractivity contribution in [2.24, 2.45) is 10.8 Å². The van der Waals surface area contributed by atoms with E-state index in [9.17, 15) is 20.0 Å². The van der Waals surface area contributed by atoms with E-state index in [0.29, 0.717) is 0 Å². The van der Waals surface area contributed by atoms with Crippen LogP contribution < -0.4 is 11.2 Å². The van der Waals surface area contributed by atoms with Gasteiger partial charge >= 0.3 is 6.03 Å². The number of benzene rings is 1. The van der Waals surface area contributed by atoms with Gasteiger partial charge in [0.15, 0.2) is 11.9 Å². The first-order valence-corrected chi connectivity index (χ1v) is 5.43. The number of carbonyl (C=O) groups excluding carboxylic acids is 1. The van der Waals surface area contributed by atoms with Crippen LogP contribution in [0.5, 0.6) is 0 Å². The van der Waals surface area contributed by atoms with Crippen molar-refractivity contribution in [1.29, 1.82) is 0 Å². The Bertz CT molecular complexity index is 625. The predicted octanol–water partition coefficient (Wildman–Crippen LogP) is 1.09. The number of nitrogens with two attached hydrogens (primary N) is 1. The number of amides is 2. The summed E-state index contributed by atoms with van der Waals surface area (Å²) in [7, 11) is 0. The maximum Gasteiger partial charge on any atom is 0.332 e. The van der Waals surface area contributed by atoms with Crippen LogP contribution in [0.3, 0.4) is 0 Å². The third-order valence-electron chi connectivity index (χ3n) is 2.47. The molecule has 104 valence electrons. The molecule has 1 aromatic rings. The van der Waals surface area contributed by atoms with Crippen molar-refractivity contribution in [3.8, 4) is 0 Å². The Morgan fingerprint density at radius 2 is 2.20 bits per heavy atom. The van der Waals surface area contributed by atoms with Crippen molar-refractivity contribution in [1.82, 2.24) is 5.43 Å². The second kappa shape index (κ2) is 5.26. The van der Waals surface area contributed by atoms with Crippen LogP contribution in [-0.4, -0.2) is 22.0 Å². The van der Waals surface area contributed by atoms with Gasteiger partial charge in [-0.15, -0.1) is 5.10 Å². The van der Waals surface area contributed by atoms with Gasteiger partial charge in [0.25, 0.3) is 11.6 Å². The van der Waals surface area contributed by atoms with Crippen LogP contribution in [0.1, 0.15) is 11.7 Å². The van der Waals surface area contributed by atoms with Crippen molar-refractivity contribution in [3.05, 3.63) is 51.8 Å². The van der Waals surface area contributed by atoms with Crippen LogP contribution >= 0.6 is 0 Å². The fourth-order valence-electron chi connectivity index (χ4n) is 1.67. The predicted molar refractivity (Wildman–Crippen MR) is 67.8 cm³/mol. The van der Waals surface area contributed by atoms with Gasteiger partial charge < -0.3 is 15.6 Å². The van der Waals surface area contributed by atoms with Crippen LogP contribution in [-0.2, 0) is 4.74 Å². The molecule has 0 radical (unpaired) electrons. The molecule has 1 heterocycles. The Balaban J connectivity index is 2.27. The minimum atomic E-state index is -0.928. The number of hydrogen-bond donors (Lipinski definition) is 3. The van der Waals surface area contributed by atoms with Gasteiger partial charge in [0, 0.05) is 12.1 Å². The monoisotopic (exact) mass is 278 g/mol. The Morgan fingerprint density at radius 1 is 1.50 bits per heavy atom. The van der Waals surface area contributed by atoms with Crippen molar-refractivity contribution >= 4 is 17.6 Å². The van der Waals surface area contributed by atoms with Crippen molar-refractivity contribution < 1.29 is 19.6 Å². The molecular weight excluding hydrogens is 268 g/mol.